The van der Waals surface area contributed by atoms with Crippen LogP contribution in [0.3, 0.4) is 0 Å². The summed E-state index contributed by atoms with van der Waals surface area (Å²) in [4.78, 5) is 41.4. The number of hydrogen-bond acceptors (Lipinski definition) is 7. The molecule has 0 saturated carbocycles. The monoisotopic (exact) mass is 344 g/mol. The summed E-state index contributed by atoms with van der Waals surface area (Å²) < 4.78 is 38.8. The Morgan fingerprint density at radius 1 is 1.62 bits per heavy atom. The average molecular weight is 344 g/mol. The number of phosphoric ester groups is 1. The van der Waals surface area contributed by atoms with Crippen molar-refractivity contribution in [3.05, 3.63) is 32.9 Å². The van der Waals surface area contributed by atoms with Gasteiger partial charge in [0.05, 0.1) is 6.20 Å². The first-order valence-electron chi connectivity index (χ1n) is 5.34. The molecule has 1 saturated heterocycles. The van der Waals surface area contributed by atoms with Crippen molar-refractivity contribution < 1.29 is 32.7 Å². The predicted molar refractivity (Wildman–Crippen MR) is 67.1 cm³/mol. The summed E-state index contributed by atoms with van der Waals surface area (Å²) in [6.45, 7) is -0.982. The molecule has 2 heterocycles. The van der Waals surface area contributed by atoms with E-state index in [1.807, 2.05) is 0 Å². The molecule has 21 heavy (non-hydrogen) atoms. The van der Waals surface area contributed by atoms with Gasteiger partial charge in [-0.2, -0.15) is 4.39 Å². The lowest BCUT2D eigenvalue weighted by Crippen LogP contribution is -2.43. The number of aromatic nitrogens is 2. The number of halogens is 1. The van der Waals surface area contributed by atoms with E-state index in [-0.39, 0.29) is 6.61 Å². The largest absolute Gasteiger partial charge is 0.469 e. The van der Waals surface area contributed by atoms with E-state index in [4.69, 9.17) is 19.3 Å². The van der Waals surface area contributed by atoms with E-state index in [0.717, 1.165) is 0 Å². The van der Waals surface area contributed by atoms with Gasteiger partial charge >= 0.3 is 13.5 Å². The van der Waals surface area contributed by atoms with Gasteiger partial charge < -0.3 is 19.3 Å². The minimum Gasteiger partial charge on any atom is -0.344 e. The van der Waals surface area contributed by atoms with Gasteiger partial charge in [0, 0.05) is 0 Å². The Morgan fingerprint density at radius 3 is 2.90 bits per heavy atom. The van der Waals surface area contributed by atoms with Crippen LogP contribution in [0.25, 0.3) is 0 Å². The molecule has 10 nitrogen and oxygen atoms in total. The van der Waals surface area contributed by atoms with Crippen molar-refractivity contribution in [1.82, 2.24) is 9.55 Å². The summed E-state index contributed by atoms with van der Waals surface area (Å²) in [7, 11) is -4.72. The molecule has 0 spiro atoms. The van der Waals surface area contributed by atoms with E-state index in [0.29, 0.717) is 10.8 Å². The number of thiol groups is 1. The zero-order valence-corrected chi connectivity index (χ0v) is 11.9. The van der Waals surface area contributed by atoms with Crippen LogP contribution >= 0.6 is 20.5 Å². The number of ether oxygens (including phenoxy) is 2. The third kappa shape index (κ3) is 3.80. The minimum atomic E-state index is -4.72. The summed E-state index contributed by atoms with van der Waals surface area (Å²) >= 11 is 4.02. The van der Waals surface area contributed by atoms with Crippen molar-refractivity contribution in [2.24, 2.45) is 0 Å². The van der Waals surface area contributed by atoms with Crippen molar-refractivity contribution in [3.63, 3.8) is 0 Å². The molecule has 2 unspecified atom stereocenters. The van der Waals surface area contributed by atoms with Crippen molar-refractivity contribution in [2.75, 3.05) is 13.2 Å². The fourth-order valence-corrected chi connectivity index (χ4v) is 2.21. The second kappa shape index (κ2) is 5.65. The lowest BCUT2D eigenvalue weighted by molar-refractivity contribution is -0.107. The molecule has 1 aliphatic rings. The Balaban J connectivity index is 2.18. The number of rotatable bonds is 4. The topological polar surface area (TPSA) is 140 Å². The van der Waals surface area contributed by atoms with Crippen LogP contribution in [-0.2, 0) is 23.6 Å². The van der Waals surface area contributed by atoms with Crippen LogP contribution in [0.2, 0.25) is 0 Å². The Bertz CT molecular complexity index is 700. The van der Waals surface area contributed by atoms with E-state index < -0.39 is 42.8 Å². The summed E-state index contributed by atoms with van der Waals surface area (Å²) in [5.41, 5.74) is -2.19. The first-order chi connectivity index (χ1) is 9.61. The lowest BCUT2D eigenvalue weighted by Gasteiger charge is -2.23. The molecule has 0 amide bonds. The molecule has 2 atom stereocenters. The van der Waals surface area contributed by atoms with Gasteiger partial charge in [-0.15, -0.1) is 12.6 Å². The quantitative estimate of drug-likeness (QED) is 0.390. The Kier molecular flexibility index (Phi) is 4.40. The van der Waals surface area contributed by atoms with Crippen LogP contribution < -0.4 is 11.2 Å². The van der Waals surface area contributed by atoms with Crippen LogP contribution in [0.4, 0.5) is 4.39 Å². The molecule has 1 aliphatic heterocycles. The highest BCUT2D eigenvalue weighted by molar-refractivity contribution is 7.81. The van der Waals surface area contributed by atoms with Gasteiger partial charge in [0.25, 0.3) is 5.56 Å². The SMILES string of the molecule is O=c1[nH]c(=O)n(C2(S)COC(COP(=O)(O)O)O2)cc1F. The van der Waals surface area contributed by atoms with Gasteiger partial charge in [-0.3, -0.25) is 18.9 Å². The molecule has 1 fully saturated rings. The average Bonchev–Trinajstić information content (AvgIpc) is 2.73. The standard InChI is InChI=1S/C8H10FN2O8PS/c9-4-1-11(7(13)10-6(4)12)8(21)3-17-5(19-8)2-18-20(14,15)16/h1,5,21H,2-3H2,(H,10,12,13)(H2,14,15,16). The molecule has 1 aromatic heterocycles. The van der Waals surface area contributed by atoms with E-state index in [1.54, 1.807) is 4.98 Å². The van der Waals surface area contributed by atoms with Gasteiger partial charge in [0.1, 0.15) is 13.2 Å². The predicted octanol–water partition coefficient (Wildman–Crippen LogP) is -1.30. The van der Waals surface area contributed by atoms with Gasteiger partial charge in [-0.05, 0) is 0 Å². The number of H-pyrrole nitrogens is 1. The van der Waals surface area contributed by atoms with Crippen molar-refractivity contribution in [2.45, 2.75) is 11.3 Å². The maximum absolute atomic E-state index is 13.2. The Labute approximate surface area is 121 Å². The molecule has 0 radical (unpaired) electrons. The van der Waals surface area contributed by atoms with E-state index in [2.05, 4.69) is 17.2 Å². The molecule has 2 rings (SSSR count). The zero-order valence-electron chi connectivity index (χ0n) is 10.1. The fourth-order valence-electron chi connectivity index (χ4n) is 1.55. The summed E-state index contributed by atoms with van der Waals surface area (Å²) in [5.74, 6) is -1.23. The zero-order chi connectivity index (χ0) is 15.8. The molecule has 118 valence electrons. The first kappa shape index (κ1) is 16.4. The van der Waals surface area contributed by atoms with Gasteiger partial charge in [0.2, 0.25) is 10.9 Å². The third-order valence-corrected chi connectivity index (χ3v) is 3.37. The number of aromatic amines is 1. The molecule has 3 N–H and O–H groups in total. The fraction of sp³-hybridized carbons (Fsp3) is 0.500. The third-order valence-electron chi connectivity index (χ3n) is 2.43. The van der Waals surface area contributed by atoms with E-state index >= 15 is 0 Å². The molecule has 0 aromatic carbocycles. The first-order valence-corrected chi connectivity index (χ1v) is 7.32. The summed E-state index contributed by atoms with van der Waals surface area (Å²) in [6, 6.07) is 0. The highest BCUT2D eigenvalue weighted by atomic mass is 32.1. The van der Waals surface area contributed by atoms with Crippen LogP contribution in [0.1, 0.15) is 0 Å². The lowest BCUT2D eigenvalue weighted by atomic mass is 10.5. The summed E-state index contributed by atoms with van der Waals surface area (Å²) in [6.07, 6.45) is -0.652. The number of hydrogen-bond donors (Lipinski definition) is 4. The molecule has 0 bridgehead atoms. The number of phosphoric acid groups is 1. The summed E-state index contributed by atoms with van der Waals surface area (Å²) in [5, 5.41) is -1.76. The molecular formula is C8H10FN2O8PS. The Morgan fingerprint density at radius 2 is 2.29 bits per heavy atom. The highest BCUT2D eigenvalue weighted by Crippen LogP contribution is 2.38. The normalized spacial score (nSPS) is 26.2. The van der Waals surface area contributed by atoms with Crippen LogP contribution in [0.15, 0.2) is 15.8 Å². The number of nitrogens with one attached hydrogen (secondary N) is 1. The van der Waals surface area contributed by atoms with Crippen molar-refractivity contribution in [3.8, 4) is 0 Å². The molecule has 13 heteroatoms. The second-order valence-corrected chi connectivity index (χ2v) is 5.93. The molecule has 1 aromatic rings. The van der Waals surface area contributed by atoms with E-state index in [9.17, 15) is 18.5 Å². The maximum atomic E-state index is 13.2. The second-order valence-electron chi connectivity index (χ2n) is 3.99. The van der Waals surface area contributed by atoms with Crippen LogP contribution in [0, 0.1) is 5.82 Å². The number of nitrogens with zero attached hydrogens (tertiary/aromatic N) is 1. The highest BCUT2D eigenvalue weighted by Gasteiger charge is 2.42. The minimum absolute atomic E-state index is 0.351. The van der Waals surface area contributed by atoms with Crippen molar-refractivity contribution >= 4 is 20.5 Å². The van der Waals surface area contributed by atoms with Gasteiger partial charge in [-0.25, -0.2) is 9.36 Å². The molecule has 0 aliphatic carbocycles. The Hall–Kier alpha value is -1.01. The van der Waals surface area contributed by atoms with Gasteiger partial charge in [0.15, 0.2) is 6.29 Å². The van der Waals surface area contributed by atoms with Gasteiger partial charge in [-0.1, -0.05) is 0 Å². The maximum Gasteiger partial charge on any atom is 0.469 e. The van der Waals surface area contributed by atoms with E-state index in [1.165, 1.54) is 0 Å². The van der Waals surface area contributed by atoms with Crippen molar-refractivity contribution in [1.29, 1.82) is 0 Å². The van der Waals surface area contributed by atoms with Crippen LogP contribution in [-0.4, -0.2) is 38.8 Å². The smallest absolute Gasteiger partial charge is 0.344 e. The molecular weight excluding hydrogens is 334 g/mol. The van der Waals surface area contributed by atoms with Crippen LogP contribution in [0.5, 0.6) is 0 Å².